The van der Waals surface area contributed by atoms with Gasteiger partial charge in [0.1, 0.15) is 0 Å². The third-order valence-electron chi connectivity index (χ3n) is 5.47. The zero-order valence-electron chi connectivity index (χ0n) is 16.6. The summed E-state index contributed by atoms with van der Waals surface area (Å²) in [6.45, 7) is 6.44. The molecule has 1 aromatic carbocycles. The van der Waals surface area contributed by atoms with Crippen molar-refractivity contribution in [2.45, 2.75) is 25.8 Å². The van der Waals surface area contributed by atoms with Crippen LogP contribution in [0.1, 0.15) is 30.1 Å². The molecule has 8 nitrogen and oxygen atoms in total. The Morgan fingerprint density at radius 1 is 1.14 bits per heavy atom. The maximum Gasteiger partial charge on any atom is 0.409 e. The molecule has 0 radical (unpaired) electrons. The van der Waals surface area contributed by atoms with E-state index in [-0.39, 0.29) is 23.8 Å². The first-order chi connectivity index (χ1) is 13.5. The number of amides is 2. The van der Waals surface area contributed by atoms with E-state index in [2.05, 4.69) is 4.90 Å². The minimum atomic E-state index is -0.248. The van der Waals surface area contributed by atoms with Crippen LogP contribution in [0.15, 0.2) is 18.2 Å². The van der Waals surface area contributed by atoms with Crippen LogP contribution in [0, 0.1) is 0 Å². The zero-order valence-corrected chi connectivity index (χ0v) is 16.6. The second-order valence-corrected chi connectivity index (χ2v) is 7.16. The van der Waals surface area contributed by atoms with Crippen molar-refractivity contribution < 1.29 is 24.2 Å². The smallest absolute Gasteiger partial charge is 0.409 e. The first-order valence-corrected chi connectivity index (χ1v) is 9.85. The molecule has 2 aliphatic rings. The molecule has 0 saturated carbocycles. The summed E-state index contributed by atoms with van der Waals surface area (Å²) in [6, 6.07) is 5.04. The summed E-state index contributed by atoms with van der Waals surface area (Å²) in [5.74, 6) is 0.248. The van der Waals surface area contributed by atoms with Gasteiger partial charge in [-0.2, -0.15) is 0 Å². The van der Waals surface area contributed by atoms with Crippen molar-refractivity contribution in [2.75, 3.05) is 53.0 Å². The topological polar surface area (TPSA) is 82.6 Å². The van der Waals surface area contributed by atoms with Gasteiger partial charge in [0.25, 0.3) is 5.91 Å². The van der Waals surface area contributed by atoms with E-state index in [1.165, 1.54) is 13.2 Å². The number of carbonyl (C=O) groups excluding carboxylic acids is 2. The molecule has 1 aromatic rings. The molecule has 1 N–H and O–H groups in total. The van der Waals surface area contributed by atoms with Crippen LogP contribution in [0.4, 0.5) is 4.79 Å². The number of ether oxygens (including phenoxy) is 2. The summed E-state index contributed by atoms with van der Waals surface area (Å²) in [5, 5.41) is 9.96. The molecule has 1 atom stereocenters. The third kappa shape index (κ3) is 4.49. The molecule has 2 heterocycles. The van der Waals surface area contributed by atoms with E-state index in [0.29, 0.717) is 44.1 Å². The van der Waals surface area contributed by atoms with Gasteiger partial charge in [0.2, 0.25) is 0 Å². The molecule has 28 heavy (non-hydrogen) atoms. The number of nitrogens with zero attached hydrogens (tertiary/aromatic N) is 3. The Morgan fingerprint density at radius 2 is 1.89 bits per heavy atom. The Balaban J connectivity index is 1.58. The van der Waals surface area contributed by atoms with E-state index < -0.39 is 0 Å². The highest BCUT2D eigenvalue weighted by Crippen LogP contribution is 2.27. The van der Waals surface area contributed by atoms with Crippen LogP contribution in [0.5, 0.6) is 11.5 Å². The highest BCUT2D eigenvalue weighted by atomic mass is 16.6. The Morgan fingerprint density at radius 3 is 2.54 bits per heavy atom. The molecule has 0 aliphatic carbocycles. The number of methoxy groups -OCH3 is 1. The third-order valence-corrected chi connectivity index (χ3v) is 5.47. The molecule has 1 unspecified atom stereocenters. The Kier molecular flexibility index (Phi) is 6.61. The number of rotatable bonds is 4. The van der Waals surface area contributed by atoms with Gasteiger partial charge in [-0.25, -0.2) is 4.79 Å². The van der Waals surface area contributed by atoms with Gasteiger partial charge in [0.15, 0.2) is 11.5 Å². The lowest BCUT2D eigenvalue weighted by Gasteiger charge is -2.43. The molecule has 2 amide bonds. The van der Waals surface area contributed by atoms with Gasteiger partial charge < -0.3 is 24.4 Å². The number of likely N-dealkylation sites (tertiary alicyclic amines) is 1. The molecular weight excluding hydrogens is 362 g/mol. The van der Waals surface area contributed by atoms with E-state index in [0.717, 1.165) is 25.9 Å². The highest BCUT2D eigenvalue weighted by molar-refractivity contribution is 5.95. The van der Waals surface area contributed by atoms with Crippen LogP contribution >= 0.6 is 0 Å². The van der Waals surface area contributed by atoms with Gasteiger partial charge in [0, 0.05) is 50.9 Å². The first kappa shape index (κ1) is 20.3. The fourth-order valence-corrected chi connectivity index (χ4v) is 3.93. The summed E-state index contributed by atoms with van der Waals surface area (Å²) >= 11 is 0. The van der Waals surface area contributed by atoms with E-state index in [1.807, 2.05) is 11.8 Å². The quantitative estimate of drug-likeness (QED) is 0.843. The maximum absolute atomic E-state index is 12.9. The van der Waals surface area contributed by atoms with Crippen molar-refractivity contribution in [3.8, 4) is 11.5 Å². The van der Waals surface area contributed by atoms with Crippen molar-refractivity contribution in [3.05, 3.63) is 23.8 Å². The zero-order chi connectivity index (χ0) is 20.1. The first-order valence-electron chi connectivity index (χ1n) is 9.85. The number of carbonyl (C=O) groups is 2. The molecule has 0 spiro atoms. The largest absolute Gasteiger partial charge is 0.504 e. The van der Waals surface area contributed by atoms with Crippen LogP contribution in [-0.2, 0) is 4.74 Å². The average molecular weight is 391 g/mol. The number of piperidine rings is 1. The predicted octanol–water partition coefficient (Wildman–Crippen LogP) is 1.78. The Hall–Kier alpha value is -2.48. The van der Waals surface area contributed by atoms with Crippen LogP contribution < -0.4 is 4.74 Å². The number of phenols is 1. The van der Waals surface area contributed by atoms with Gasteiger partial charge >= 0.3 is 6.09 Å². The predicted molar refractivity (Wildman–Crippen MR) is 104 cm³/mol. The number of hydrogen-bond acceptors (Lipinski definition) is 6. The lowest BCUT2D eigenvalue weighted by atomic mass is 10.0. The van der Waals surface area contributed by atoms with E-state index in [4.69, 9.17) is 9.47 Å². The van der Waals surface area contributed by atoms with E-state index >= 15 is 0 Å². The molecular formula is C20H29N3O5. The maximum atomic E-state index is 12.9. The van der Waals surface area contributed by atoms with E-state index in [9.17, 15) is 14.7 Å². The van der Waals surface area contributed by atoms with Gasteiger partial charge in [-0.1, -0.05) is 0 Å². The fourth-order valence-electron chi connectivity index (χ4n) is 3.93. The van der Waals surface area contributed by atoms with Crippen LogP contribution in [-0.4, -0.2) is 90.8 Å². The Labute approximate surface area is 165 Å². The molecule has 2 fully saturated rings. The van der Waals surface area contributed by atoms with Crippen LogP contribution in [0.25, 0.3) is 0 Å². The van der Waals surface area contributed by atoms with Crippen molar-refractivity contribution in [2.24, 2.45) is 0 Å². The fraction of sp³-hybridized carbons (Fsp3) is 0.600. The van der Waals surface area contributed by atoms with Crippen LogP contribution in [0.2, 0.25) is 0 Å². The molecule has 2 aliphatic heterocycles. The lowest BCUT2D eigenvalue weighted by molar-refractivity contribution is 0.0378. The molecule has 2 saturated heterocycles. The number of aromatic hydroxyl groups is 1. The number of phenolic OH excluding ortho intramolecular Hbond substituents is 1. The van der Waals surface area contributed by atoms with Gasteiger partial charge in [-0.05, 0) is 38.0 Å². The molecule has 8 heteroatoms. The average Bonchev–Trinajstić information content (AvgIpc) is 2.73. The van der Waals surface area contributed by atoms with Crippen molar-refractivity contribution >= 4 is 12.0 Å². The van der Waals surface area contributed by atoms with Gasteiger partial charge in [-0.3, -0.25) is 9.69 Å². The highest BCUT2D eigenvalue weighted by Gasteiger charge is 2.31. The summed E-state index contributed by atoms with van der Waals surface area (Å²) in [4.78, 5) is 30.7. The summed E-state index contributed by atoms with van der Waals surface area (Å²) in [5.41, 5.74) is 0.464. The van der Waals surface area contributed by atoms with Crippen molar-refractivity contribution in [1.29, 1.82) is 0 Å². The molecule has 0 aromatic heterocycles. The lowest BCUT2D eigenvalue weighted by Crippen LogP contribution is -2.56. The number of benzene rings is 1. The van der Waals surface area contributed by atoms with Crippen molar-refractivity contribution in [3.63, 3.8) is 0 Å². The second kappa shape index (κ2) is 9.14. The van der Waals surface area contributed by atoms with Crippen molar-refractivity contribution in [1.82, 2.24) is 14.7 Å². The standard InChI is InChI=1S/C20H29N3O5/c1-3-28-20(26)22-11-9-21(10-12-22)16-5-4-8-23(14-16)19(25)15-6-7-18(27-2)17(24)13-15/h6-7,13,16,24H,3-5,8-12,14H2,1-2H3. The summed E-state index contributed by atoms with van der Waals surface area (Å²) in [6.07, 6.45) is 1.73. The summed E-state index contributed by atoms with van der Waals surface area (Å²) < 4.78 is 10.1. The van der Waals surface area contributed by atoms with E-state index in [1.54, 1.807) is 17.0 Å². The second-order valence-electron chi connectivity index (χ2n) is 7.16. The SMILES string of the molecule is CCOC(=O)N1CCN(C2CCCN(C(=O)c3ccc(OC)c(O)c3)C2)CC1. The molecule has 0 bridgehead atoms. The minimum absolute atomic E-state index is 0.0306. The van der Waals surface area contributed by atoms with Gasteiger partial charge in [-0.15, -0.1) is 0 Å². The Bertz CT molecular complexity index is 703. The number of piperazine rings is 1. The summed E-state index contributed by atoms with van der Waals surface area (Å²) in [7, 11) is 1.48. The van der Waals surface area contributed by atoms with Gasteiger partial charge in [0.05, 0.1) is 13.7 Å². The minimum Gasteiger partial charge on any atom is -0.504 e. The normalized spacial score (nSPS) is 20.7. The van der Waals surface area contributed by atoms with Crippen LogP contribution in [0.3, 0.4) is 0 Å². The molecule has 154 valence electrons. The molecule has 3 rings (SSSR count). The number of hydrogen-bond donors (Lipinski definition) is 1. The monoisotopic (exact) mass is 391 g/mol.